The number of sulfonamides is 1. The van der Waals surface area contributed by atoms with E-state index in [1.165, 1.54) is 28.6 Å². The van der Waals surface area contributed by atoms with E-state index in [1.807, 2.05) is 4.90 Å². The van der Waals surface area contributed by atoms with E-state index in [1.54, 1.807) is 31.3 Å². The van der Waals surface area contributed by atoms with Crippen molar-refractivity contribution < 1.29 is 18.0 Å². The summed E-state index contributed by atoms with van der Waals surface area (Å²) >= 11 is 0. The molecule has 0 bridgehead atoms. The average molecular weight is 470 g/mol. The zero-order valence-electron chi connectivity index (χ0n) is 19.0. The molecule has 1 aliphatic carbocycles. The summed E-state index contributed by atoms with van der Waals surface area (Å²) in [5.41, 5.74) is 1.42. The highest BCUT2D eigenvalue weighted by atomic mass is 32.2. The van der Waals surface area contributed by atoms with Crippen LogP contribution in [0.1, 0.15) is 65.7 Å². The van der Waals surface area contributed by atoms with Gasteiger partial charge in [0.25, 0.3) is 11.8 Å². The van der Waals surface area contributed by atoms with Crippen LogP contribution in [0.15, 0.2) is 53.4 Å². The Hall–Kier alpha value is -2.71. The van der Waals surface area contributed by atoms with Gasteiger partial charge in [-0.05, 0) is 68.1 Å². The van der Waals surface area contributed by atoms with Crippen LogP contribution in [-0.4, -0.2) is 55.6 Å². The van der Waals surface area contributed by atoms with Crippen LogP contribution >= 0.6 is 0 Å². The van der Waals surface area contributed by atoms with Gasteiger partial charge in [0.05, 0.1) is 4.90 Å². The van der Waals surface area contributed by atoms with E-state index in [0.717, 1.165) is 58.0 Å². The fraction of sp³-hybridized carbons (Fsp3) is 0.440. The molecule has 4 rings (SSSR count). The minimum absolute atomic E-state index is 0.0276. The summed E-state index contributed by atoms with van der Waals surface area (Å²) in [5.74, 6) is -0.384. The predicted molar refractivity (Wildman–Crippen MR) is 128 cm³/mol. The number of hydrogen-bond acceptors (Lipinski definition) is 4. The molecule has 2 fully saturated rings. The first-order chi connectivity index (χ1) is 15.9. The lowest BCUT2D eigenvalue weighted by atomic mass is 9.96. The molecular formula is C25H31N3O4S. The van der Waals surface area contributed by atoms with Gasteiger partial charge in [0.2, 0.25) is 10.0 Å². The van der Waals surface area contributed by atoms with Crippen LogP contribution in [0.25, 0.3) is 0 Å². The van der Waals surface area contributed by atoms with E-state index < -0.39 is 10.0 Å². The second-order valence-corrected chi connectivity index (χ2v) is 10.9. The summed E-state index contributed by atoms with van der Waals surface area (Å²) in [7, 11) is -1.96. The van der Waals surface area contributed by atoms with Gasteiger partial charge in [0.15, 0.2) is 0 Å². The third-order valence-electron chi connectivity index (χ3n) is 6.64. The lowest BCUT2D eigenvalue weighted by Crippen LogP contribution is -2.38. The van der Waals surface area contributed by atoms with Gasteiger partial charge in [-0.1, -0.05) is 25.3 Å². The third kappa shape index (κ3) is 5.28. The molecule has 2 amide bonds. The predicted octanol–water partition coefficient (Wildman–Crippen LogP) is 4.13. The number of carbonyl (C=O) groups is 2. The summed E-state index contributed by atoms with van der Waals surface area (Å²) in [6.07, 6.45) is 7.06. The van der Waals surface area contributed by atoms with Crippen molar-refractivity contribution in [2.24, 2.45) is 0 Å². The Balaban J connectivity index is 1.43. The van der Waals surface area contributed by atoms with E-state index in [9.17, 15) is 18.0 Å². The molecule has 1 saturated heterocycles. The molecule has 1 heterocycles. The summed E-state index contributed by atoms with van der Waals surface area (Å²) in [6.45, 7) is 1.53. The zero-order valence-corrected chi connectivity index (χ0v) is 19.8. The molecule has 2 aliphatic rings. The van der Waals surface area contributed by atoms with Crippen LogP contribution in [0, 0.1) is 0 Å². The number of hydrogen-bond donors (Lipinski definition) is 1. The van der Waals surface area contributed by atoms with Crippen LogP contribution in [0.2, 0.25) is 0 Å². The molecule has 0 unspecified atom stereocenters. The van der Waals surface area contributed by atoms with Crippen LogP contribution < -0.4 is 5.32 Å². The molecule has 1 N–H and O–H groups in total. The number of carbonyl (C=O) groups excluding carboxylic acids is 2. The van der Waals surface area contributed by atoms with Crippen molar-refractivity contribution >= 4 is 27.5 Å². The number of anilines is 1. The van der Waals surface area contributed by atoms with Crippen molar-refractivity contribution in [3.05, 3.63) is 59.7 Å². The largest absolute Gasteiger partial charge is 0.339 e. The molecule has 1 aliphatic heterocycles. The van der Waals surface area contributed by atoms with E-state index in [-0.39, 0.29) is 22.8 Å². The minimum Gasteiger partial charge on any atom is -0.339 e. The Kier molecular flexibility index (Phi) is 7.14. The molecule has 33 heavy (non-hydrogen) atoms. The lowest BCUT2D eigenvalue weighted by molar-refractivity contribution is 0.0792. The van der Waals surface area contributed by atoms with Crippen LogP contribution in [0.3, 0.4) is 0 Å². The molecule has 2 aromatic rings. The molecule has 176 valence electrons. The normalized spacial score (nSPS) is 17.3. The molecule has 8 heteroatoms. The number of nitrogens with zero attached hydrogens (tertiary/aromatic N) is 2. The maximum absolute atomic E-state index is 13.0. The van der Waals surface area contributed by atoms with Gasteiger partial charge in [-0.25, -0.2) is 8.42 Å². The van der Waals surface area contributed by atoms with Gasteiger partial charge in [-0.15, -0.1) is 0 Å². The van der Waals surface area contributed by atoms with Crippen molar-refractivity contribution in [2.45, 2.75) is 55.9 Å². The first-order valence-electron chi connectivity index (χ1n) is 11.6. The van der Waals surface area contributed by atoms with Crippen molar-refractivity contribution in [1.82, 2.24) is 9.21 Å². The molecule has 0 aromatic heterocycles. The average Bonchev–Trinajstić information content (AvgIpc) is 3.39. The monoisotopic (exact) mass is 469 g/mol. The topological polar surface area (TPSA) is 86.8 Å². The molecule has 7 nitrogen and oxygen atoms in total. The van der Waals surface area contributed by atoms with Crippen molar-refractivity contribution in [2.75, 3.05) is 25.5 Å². The fourth-order valence-electron chi connectivity index (χ4n) is 4.62. The molecule has 0 spiro atoms. The summed E-state index contributed by atoms with van der Waals surface area (Å²) < 4.78 is 27.5. The summed E-state index contributed by atoms with van der Waals surface area (Å²) in [5, 5.41) is 2.81. The Morgan fingerprint density at radius 2 is 1.58 bits per heavy atom. The second kappa shape index (κ2) is 10.1. The lowest BCUT2D eigenvalue weighted by Gasteiger charge is -2.30. The van der Waals surface area contributed by atoms with Crippen LogP contribution in [-0.2, 0) is 10.0 Å². The van der Waals surface area contributed by atoms with Gasteiger partial charge in [-0.3, -0.25) is 9.59 Å². The second-order valence-electron chi connectivity index (χ2n) is 8.87. The Labute approximate surface area is 195 Å². The van der Waals surface area contributed by atoms with Gasteiger partial charge in [0.1, 0.15) is 0 Å². The number of benzene rings is 2. The number of nitrogens with one attached hydrogen (secondary N) is 1. The van der Waals surface area contributed by atoms with Crippen LogP contribution in [0.4, 0.5) is 5.69 Å². The molecule has 0 radical (unpaired) electrons. The first kappa shape index (κ1) is 23.4. The maximum Gasteiger partial charge on any atom is 0.255 e. The van der Waals surface area contributed by atoms with Gasteiger partial charge in [0, 0.05) is 43.0 Å². The highest BCUT2D eigenvalue weighted by Gasteiger charge is 2.29. The van der Waals surface area contributed by atoms with E-state index in [2.05, 4.69) is 5.32 Å². The Morgan fingerprint density at radius 1 is 0.909 bits per heavy atom. The van der Waals surface area contributed by atoms with Crippen molar-refractivity contribution in [3.63, 3.8) is 0 Å². The Bertz CT molecular complexity index is 1100. The first-order valence-corrected chi connectivity index (χ1v) is 13.1. The number of likely N-dealkylation sites (tertiary alicyclic amines) is 1. The van der Waals surface area contributed by atoms with E-state index >= 15 is 0 Å². The minimum atomic E-state index is -3.60. The SMILES string of the molecule is CN(C1CCCCC1)S(=O)(=O)c1ccc(C(=O)Nc2cccc(C(=O)N3CCCC3)c2)cc1. The standard InChI is InChI=1S/C25H31N3O4S/c1-27(22-10-3-2-4-11-22)33(31,32)23-14-12-19(13-15-23)24(29)26-21-9-7-8-20(18-21)25(30)28-16-5-6-17-28/h7-9,12-15,18,22H,2-6,10-11,16-17H2,1H3,(H,26,29). The molecule has 2 aromatic carbocycles. The Morgan fingerprint density at radius 3 is 2.24 bits per heavy atom. The van der Waals surface area contributed by atoms with Crippen molar-refractivity contribution in [3.8, 4) is 0 Å². The van der Waals surface area contributed by atoms with Crippen LogP contribution in [0.5, 0.6) is 0 Å². The molecule has 0 atom stereocenters. The summed E-state index contributed by atoms with van der Waals surface area (Å²) in [6, 6.07) is 12.9. The van der Waals surface area contributed by atoms with E-state index in [4.69, 9.17) is 0 Å². The zero-order chi connectivity index (χ0) is 23.4. The van der Waals surface area contributed by atoms with Gasteiger partial charge in [-0.2, -0.15) is 4.31 Å². The van der Waals surface area contributed by atoms with Gasteiger partial charge >= 0.3 is 0 Å². The van der Waals surface area contributed by atoms with E-state index in [0.29, 0.717) is 16.8 Å². The molecular weight excluding hydrogens is 438 g/mol. The molecule has 1 saturated carbocycles. The maximum atomic E-state index is 13.0. The number of rotatable bonds is 6. The third-order valence-corrected chi connectivity index (χ3v) is 8.57. The summed E-state index contributed by atoms with van der Waals surface area (Å²) in [4.78, 5) is 27.3. The highest BCUT2D eigenvalue weighted by Crippen LogP contribution is 2.26. The number of amides is 2. The highest BCUT2D eigenvalue weighted by molar-refractivity contribution is 7.89. The van der Waals surface area contributed by atoms with Crippen molar-refractivity contribution in [1.29, 1.82) is 0 Å². The quantitative estimate of drug-likeness (QED) is 0.689. The van der Waals surface area contributed by atoms with Gasteiger partial charge < -0.3 is 10.2 Å². The smallest absolute Gasteiger partial charge is 0.255 e. The fourth-order valence-corrected chi connectivity index (χ4v) is 6.04.